The van der Waals surface area contributed by atoms with E-state index in [2.05, 4.69) is 23.0 Å². The van der Waals surface area contributed by atoms with E-state index in [4.69, 9.17) is 0 Å². The number of carbonyl (C=O) groups excluding carboxylic acids is 2. The Morgan fingerprint density at radius 3 is 2.62 bits per heavy atom. The first-order valence-corrected chi connectivity index (χ1v) is 7.64. The molecule has 2 aliphatic rings. The third kappa shape index (κ3) is 2.43. The minimum Gasteiger partial charge on any atom is -0.318 e. The van der Waals surface area contributed by atoms with Crippen molar-refractivity contribution in [2.45, 2.75) is 6.54 Å². The van der Waals surface area contributed by atoms with E-state index in [-0.39, 0.29) is 0 Å². The molecule has 6 heteroatoms. The van der Waals surface area contributed by atoms with Gasteiger partial charge in [-0.1, -0.05) is 36.4 Å². The van der Waals surface area contributed by atoms with E-state index in [9.17, 15) is 9.59 Å². The Morgan fingerprint density at radius 1 is 1.04 bits per heavy atom. The number of Topliss-reactive ketones (excluding diaryl/α,β-unsaturated/α-hetero) is 1. The zero-order valence-corrected chi connectivity index (χ0v) is 13.1. The van der Waals surface area contributed by atoms with E-state index in [1.165, 1.54) is 0 Å². The van der Waals surface area contributed by atoms with Crippen LogP contribution in [0.4, 0.5) is 5.69 Å². The molecule has 0 spiro atoms. The van der Waals surface area contributed by atoms with Gasteiger partial charge in [-0.3, -0.25) is 19.6 Å². The van der Waals surface area contributed by atoms with Crippen molar-refractivity contribution in [1.82, 2.24) is 15.6 Å². The van der Waals surface area contributed by atoms with Crippen LogP contribution in [-0.2, 0) is 11.3 Å². The number of rotatable bonds is 3. The van der Waals surface area contributed by atoms with Gasteiger partial charge in [0.2, 0.25) is 0 Å². The smallest absolute Gasteiger partial charge is 0.296 e. The number of carbonyl (C=O) groups is 2. The molecule has 0 atom stereocenters. The van der Waals surface area contributed by atoms with Gasteiger partial charge in [0.25, 0.3) is 11.7 Å². The molecule has 1 amide bonds. The Hall–Kier alpha value is -3.12. The van der Waals surface area contributed by atoms with Crippen molar-refractivity contribution in [2.75, 3.05) is 12.4 Å². The van der Waals surface area contributed by atoms with Gasteiger partial charge >= 0.3 is 0 Å². The van der Waals surface area contributed by atoms with Crippen molar-refractivity contribution in [3.05, 3.63) is 71.4 Å². The van der Waals surface area contributed by atoms with E-state index >= 15 is 0 Å². The fourth-order valence-electron chi connectivity index (χ4n) is 2.95. The van der Waals surface area contributed by atoms with Gasteiger partial charge < -0.3 is 5.32 Å². The van der Waals surface area contributed by atoms with Crippen molar-refractivity contribution in [2.24, 2.45) is 0 Å². The fourth-order valence-corrected chi connectivity index (χ4v) is 2.95. The number of benzene rings is 2. The summed E-state index contributed by atoms with van der Waals surface area (Å²) >= 11 is 0. The van der Waals surface area contributed by atoms with Crippen molar-refractivity contribution >= 4 is 23.1 Å². The number of nitrogens with zero attached hydrogens (tertiary/aromatic N) is 2. The molecule has 120 valence electrons. The Morgan fingerprint density at radius 2 is 1.83 bits per heavy atom. The highest BCUT2D eigenvalue weighted by Crippen LogP contribution is 2.26. The Kier molecular flexibility index (Phi) is 3.32. The van der Waals surface area contributed by atoms with Crippen LogP contribution >= 0.6 is 0 Å². The lowest BCUT2D eigenvalue weighted by molar-refractivity contribution is -0.112. The third-order valence-electron chi connectivity index (χ3n) is 4.12. The number of hydrogen-bond donors (Lipinski definition) is 2. The van der Waals surface area contributed by atoms with Crippen LogP contribution in [0.15, 0.2) is 54.7 Å². The van der Waals surface area contributed by atoms with Gasteiger partial charge in [-0.25, -0.2) is 0 Å². The highest BCUT2D eigenvalue weighted by Gasteiger charge is 2.28. The topological polar surface area (TPSA) is 64.7 Å². The number of amides is 1. The van der Waals surface area contributed by atoms with Gasteiger partial charge in [-0.05, 0) is 17.7 Å². The number of anilines is 1. The number of ketones is 1. The number of fused-ring (bicyclic) bond motifs is 1. The van der Waals surface area contributed by atoms with Crippen LogP contribution in [0, 0.1) is 0 Å². The minimum atomic E-state index is -0.563. The fraction of sp³-hybridized carbons (Fsp3) is 0.111. The van der Waals surface area contributed by atoms with E-state index in [1.807, 2.05) is 47.5 Å². The SMILES string of the molecule is CN1NN(Cc2ccc3c(c2)C(=O)C(=O)N3)C=C1c1ccccc1. The maximum Gasteiger partial charge on any atom is 0.296 e. The summed E-state index contributed by atoms with van der Waals surface area (Å²) in [6.07, 6.45) is 2.02. The summed E-state index contributed by atoms with van der Waals surface area (Å²) in [6, 6.07) is 15.6. The lowest BCUT2D eigenvalue weighted by atomic mass is 10.1. The first-order chi connectivity index (χ1) is 11.6. The van der Waals surface area contributed by atoms with Gasteiger partial charge in [0.15, 0.2) is 0 Å². The molecule has 6 nitrogen and oxygen atoms in total. The summed E-state index contributed by atoms with van der Waals surface area (Å²) < 4.78 is 0. The van der Waals surface area contributed by atoms with Gasteiger partial charge in [-0.2, -0.15) is 0 Å². The molecular weight excluding hydrogens is 304 g/mol. The minimum absolute atomic E-state index is 0.442. The Balaban J connectivity index is 1.56. The molecule has 2 aromatic rings. The van der Waals surface area contributed by atoms with Gasteiger partial charge in [0.05, 0.1) is 23.5 Å². The molecule has 4 rings (SSSR count). The third-order valence-corrected chi connectivity index (χ3v) is 4.12. The molecule has 2 aliphatic heterocycles. The molecule has 2 heterocycles. The van der Waals surface area contributed by atoms with Crippen LogP contribution in [0.3, 0.4) is 0 Å². The van der Waals surface area contributed by atoms with Crippen LogP contribution in [0.25, 0.3) is 5.70 Å². The van der Waals surface area contributed by atoms with Crippen molar-refractivity contribution < 1.29 is 9.59 Å². The quantitative estimate of drug-likeness (QED) is 0.847. The predicted molar refractivity (Wildman–Crippen MR) is 90.3 cm³/mol. The van der Waals surface area contributed by atoms with Gasteiger partial charge in [-0.15, -0.1) is 5.53 Å². The molecule has 0 radical (unpaired) electrons. The van der Waals surface area contributed by atoms with Crippen LogP contribution in [0.1, 0.15) is 21.5 Å². The molecule has 2 aromatic carbocycles. The van der Waals surface area contributed by atoms with Crippen molar-refractivity contribution in [1.29, 1.82) is 0 Å². The molecular formula is C18H16N4O2. The molecule has 0 aliphatic carbocycles. The standard InChI is InChI=1S/C18H16N4O2/c1-21-16(13-5-3-2-4-6-13)11-22(20-21)10-12-7-8-15-14(9-12)17(23)18(24)19-15/h2-9,11,20H,10H2,1H3,(H,19,23,24). The molecule has 0 fully saturated rings. The van der Waals surface area contributed by atoms with Crippen LogP contribution < -0.4 is 10.9 Å². The zero-order chi connectivity index (χ0) is 16.7. The predicted octanol–water partition coefficient (Wildman–Crippen LogP) is 1.99. The lowest BCUT2D eigenvalue weighted by Gasteiger charge is -2.21. The van der Waals surface area contributed by atoms with Crippen molar-refractivity contribution in [3.63, 3.8) is 0 Å². The van der Waals surface area contributed by atoms with E-state index < -0.39 is 11.7 Å². The molecule has 0 saturated carbocycles. The van der Waals surface area contributed by atoms with E-state index in [1.54, 1.807) is 12.1 Å². The first-order valence-electron chi connectivity index (χ1n) is 7.64. The maximum absolute atomic E-state index is 11.8. The molecule has 0 saturated heterocycles. The second-order valence-corrected chi connectivity index (χ2v) is 5.83. The second kappa shape index (κ2) is 5.50. The van der Waals surface area contributed by atoms with E-state index in [0.717, 1.165) is 16.8 Å². The lowest BCUT2D eigenvalue weighted by Crippen LogP contribution is -2.37. The van der Waals surface area contributed by atoms with Gasteiger partial charge in [0.1, 0.15) is 0 Å². The number of hydrazine groups is 2. The highest BCUT2D eigenvalue weighted by molar-refractivity contribution is 6.51. The monoisotopic (exact) mass is 320 g/mol. The molecule has 0 bridgehead atoms. The number of nitrogens with one attached hydrogen (secondary N) is 2. The maximum atomic E-state index is 11.8. The Bertz CT molecular complexity index is 861. The molecule has 0 unspecified atom stereocenters. The zero-order valence-electron chi connectivity index (χ0n) is 13.1. The summed E-state index contributed by atoms with van der Waals surface area (Å²) in [6.45, 7) is 0.579. The van der Waals surface area contributed by atoms with Crippen molar-refractivity contribution in [3.8, 4) is 0 Å². The summed E-state index contributed by atoms with van der Waals surface area (Å²) in [7, 11) is 1.95. The Labute approximate surface area is 139 Å². The largest absolute Gasteiger partial charge is 0.318 e. The molecule has 0 aromatic heterocycles. The molecule has 2 N–H and O–H groups in total. The summed E-state index contributed by atoms with van der Waals surface area (Å²) in [5.41, 5.74) is 7.40. The average molecular weight is 320 g/mol. The van der Waals surface area contributed by atoms with E-state index in [0.29, 0.717) is 17.8 Å². The summed E-state index contributed by atoms with van der Waals surface area (Å²) in [5, 5.41) is 6.45. The van der Waals surface area contributed by atoms with Gasteiger partial charge in [0, 0.05) is 18.8 Å². The molecule has 24 heavy (non-hydrogen) atoms. The van der Waals surface area contributed by atoms with Crippen LogP contribution in [0.2, 0.25) is 0 Å². The van der Waals surface area contributed by atoms with Crippen LogP contribution in [0.5, 0.6) is 0 Å². The first kappa shape index (κ1) is 14.5. The highest BCUT2D eigenvalue weighted by atomic mass is 16.2. The second-order valence-electron chi connectivity index (χ2n) is 5.83. The average Bonchev–Trinajstić information content (AvgIpc) is 3.09. The van der Waals surface area contributed by atoms with Crippen LogP contribution in [-0.4, -0.2) is 28.8 Å². The summed E-state index contributed by atoms with van der Waals surface area (Å²) in [5.74, 6) is -1.04. The summed E-state index contributed by atoms with van der Waals surface area (Å²) in [4.78, 5) is 23.2. The normalized spacial score (nSPS) is 16.3. The number of hydrogen-bond acceptors (Lipinski definition) is 5.